The maximum atomic E-state index is 11.9. The summed E-state index contributed by atoms with van der Waals surface area (Å²) in [7, 11) is 0. The van der Waals surface area contributed by atoms with E-state index in [2.05, 4.69) is 10.1 Å². The van der Waals surface area contributed by atoms with Gasteiger partial charge in [-0.15, -0.1) is 16.4 Å². The van der Waals surface area contributed by atoms with Gasteiger partial charge < -0.3 is 8.83 Å². The van der Waals surface area contributed by atoms with Crippen molar-refractivity contribution >= 4 is 11.3 Å². The van der Waals surface area contributed by atoms with Crippen LogP contribution in [0.1, 0.15) is 11.3 Å². The molecule has 24 heavy (non-hydrogen) atoms. The second-order valence-corrected chi connectivity index (χ2v) is 6.27. The Bertz CT molecular complexity index is 1010. The molecule has 0 N–H and O–H groups in total. The minimum atomic E-state index is -0.515. The molecule has 4 aromatic rings. The smallest absolute Gasteiger partial charge is 0.437 e. The summed E-state index contributed by atoms with van der Waals surface area (Å²) in [5.74, 6) is 0.315. The number of hydrogen-bond donors (Lipinski definition) is 0. The number of aromatic nitrogens is 3. The van der Waals surface area contributed by atoms with Crippen molar-refractivity contribution in [1.29, 1.82) is 0 Å². The van der Waals surface area contributed by atoms with Crippen LogP contribution in [0.5, 0.6) is 0 Å². The van der Waals surface area contributed by atoms with Crippen molar-refractivity contribution in [1.82, 2.24) is 14.8 Å². The number of aryl methyl sites for hydroxylation is 1. The van der Waals surface area contributed by atoms with Crippen molar-refractivity contribution in [2.45, 2.75) is 13.5 Å². The van der Waals surface area contributed by atoms with Gasteiger partial charge in [-0.25, -0.2) is 9.78 Å². The highest BCUT2D eigenvalue weighted by Crippen LogP contribution is 2.22. The molecule has 6 nitrogen and oxygen atoms in total. The third kappa shape index (κ3) is 2.81. The van der Waals surface area contributed by atoms with Gasteiger partial charge in [-0.05, 0) is 30.5 Å². The van der Waals surface area contributed by atoms with Crippen LogP contribution in [0, 0.1) is 6.92 Å². The lowest BCUT2D eigenvalue weighted by molar-refractivity contribution is 0.493. The third-order valence-electron chi connectivity index (χ3n) is 3.50. The van der Waals surface area contributed by atoms with Crippen molar-refractivity contribution in [2.24, 2.45) is 0 Å². The Morgan fingerprint density at radius 3 is 2.75 bits per heavy atom. The Labute approximate surface area is 141 Å². The predicted octanol–water partition coefficient (Wildman–Crippen LogP) is 3.58. The summed E-state index contributed by atoms with van der Waals surface area (Å²) < 4.78 is 11.9. The van der Waals surface area contributed by atoms with Crippen molar-refractivity contribution in [3.8, 4) is 22.2 Å². The number of hydrogen-bond acceptors (Lipinski definition) is 6. The van der Waals surface area contributed by atoms with Crippen LogP contribution in [0.15, 0.2) is 61.7 Å². The highest BCUT2D eigenvalue weighted by molar-refractivity contribution is 7.13. The van der Waals surface area contributed by atoms with Crippen molar-refractivity contribution in [3.63, 3.8) is 0 Å². The zero-order valence-electron chi connectivity index (χ0n) is 12.8. The first-order valence-corrected chi connectivity index (χ1v) is 8.20. The molecule has 0 aliphatic carbocycles. The second kappa shape index (κ2) is 5.93. The standard InChI is InChI=1S/C17H13N3O3S/c1-11-4-6-12(7-5-11)15-18-13(10-22-15)9-20-17(21)23-16(19-20)14-3-2-8-24-14/h2-8,10H,9H2,1H3. The van der Waals surface area contributed by atoms with Gasteiger partial charge in [0.05, 0.1) is 11.4 Å². The zero-order chi connectivity index (χ0) is 16.5. The van der Waals surface area contributed by atoms with E-state index in [0.717, 1.165) is 10.4 Å². The van der Waals surface area contributed by atoms with E-state index in [4.69, 9.17) is 8.83 Å². The van der Waals surface area contributed by atoms with Crippen LogP contribution in [-0.4, -0.2) is 14.8 Å². The molecule has 0 bridgehead atoms. The molecule has 0 amide bonds. The number of nitrogens with zero attached hydrogens (tertiary/aromatic N) is 3. The molecular formula is C17H13N3O3S. The van der Waals surface area contributed by atoms with Crippen molar-refractivity contribution in [3.05, 3.63) is 69.8 Å². The van der Waals surface area contributed by atoms with Crippen LogP contribution in [0.25, 0.3) is 22.2 Å². The van der Waals surface area contributed by atoms with E-state index in [0.29, 0.717) is 17.5 Å². The summed E-state index contributed by atoms with van der Waals surface area (Å²) in [6.07, 6.45) is 1.53. The maximum Gasteiger partial charge on any atom is 0.437 e. The molecule has 0 radical (unpaired) electrons. The van der Waals surface area contributed by atoms with Gasteiger partial charge in [-0.3, -0.25) is 0 Å². The number of oxazole rings is 1. The van der Waals surface area contributed by atoms with Crippen LogP contribution >= 0.6 is 11.3 Å². The largest absolute Gasteiger partial charge is 0.444 e. The molecule has 0 spiro atoms. The maximum absolute atomic E-state index is 11.9. The Balaban J connectivity index is 1.58. The summed E-state index contributed by atoms with van der Waals surface area (Å²) in [5, 5.41) is 6.11. The first-order chi connectivity index (χ1) is 11.7. The molecular weight excluding hydrogens is 326 g/mol. The number of benzene rings is 1. The highest BCUT2D eigenvalue weighted by Gasteiger charge is 2.13. The van der Waals surface area contributed by atoms with Gasteiger partial charge >= 0.3 is 5.76 Å². The summed E-state index contributed by atoms with van der Waals surface area (Å²) in [6, 6.07) is 11.6. The fraction of sp³-hybridized carbons (Fsp3) is 0.118. The van der Waals surface area contributed by atoms with E-state index in [9.17, 15) is 4.79 Å². The van der Waals surface area contributed by atoms with E-state index in [1.807, 2.05) is 48.7 Å². The van der Waals surface area contributed by atoms with E-state index in [1.165, 1.54) is 27.8 Å². The Hall–Kier alpha value is -2.93. The highest BCUT2D eigenvalue weighted by atomic mass is 32.1. The quantitative estimate of drug-likeness (QED) is 0.568. The molecule has 120 valence electrons. The Kier molecular flexibility index (Phi) is 3.62. The average molecular weight is 339 g/mol. The monoisotopic (exact) mass is 339 g/mol. The normalized spacial score (nSPS) is 11.0. The molecule has 0 atom stereocenters. The third-order valence-corrected chi connectivity index (χ3v) is 4.36. The van der Waals surface area contributed by atoms with E-state index >= 15 is 0 Å². The molecule has 0 saturated carbocycles. The van der Waals surface area contributed by atoms with Gasteiger partial charge in [0, 0.05) is 5.56 Å². The van der Waals surface area contributed by atoms with Gasteiger partial charge in [0.2, 0.25) is 5.89 Å². The van der Waals surface area contributed by atoms with Gasteiger partial charge in [0.25, 0.3) is 5.89 Å². The van der Waals surface area contributed by atoms with Crippen molar-refractivity contribution in [2.75, 3.05) is 0 Å². The van der Waals surface area contributed by atoms with Gasteiger partial charge in [-0.1, -0.05) is 23.8 Å². The van der Waals surface area contributed by atoms with E-state index in [1.54, 1.807) is 0 Å². The summed E-state index contributed by atoms with van der Waals surface area (Å²) in [5.41, 5.74) is 2.66. The summed E-state index contributed by atoms with van der Waals surface area (Å²) in [6.45, 7) is 2.22. The SMILES string of the molecule is Cc1ccc(-c2nc(Cn3nc(-c4cccs4)oc3=O)co2)cc1. The topological polar surface area (TPSA) is 74.1 Å². The molecule has 4 rings (SSSR count). The van der Waals surface area contributed by atoms with E-state index < -0.39 is 5.76 Å². The van der Waals surface area contributed by atoms with Crippen LogP contribution in [0.3, 0.4) is 0 Å². The molecule has 7 heteroatoms. The molecule has 3 heterocycles. The molecule has 0 saturated heterocycles. The Morgan fingerprint density at radius 2 is 2.00 bits per heavy atom. The number of thiophene rings is 1. The molecule has 0 unspecified atom stereocenters. The molecule has 0 fully saturated rings. The summed E-state index contributed by atoms with van der Waals surface area (Å²) >= 11 is 1.46. The van der Waals surface area contributed by atoms with Gasteiger partial charge in [0.15, 0.2) is 0 Å². The van der Waals surface area contributed by atoms with Crippen LogP contribution in [-0.2, 0) is 6.54 Å². The average Bonchev–Trinajstić information content (AvgIpc) is 3.31. The number of rotatable bonds is 4. The summed E-state index contributed by atoms with van der Waals surface area (Å²) in [4.78, 5) is 17.2. The lowest BCUT2D eigenvalue weighted by Crippen LogP contribution is -2.16. The fourth-order valence-electron chi connectivity index (χ4n) is 2.27. The lowest BCUT2D eigenvalue weighted by Gasteiger charge is -1.95. The minimum absolute atomic E-state index is 0.197. The minimum Gasteiger partial charge on any atom is -0.444 e. The molecule has 0 aliphatic rings. The van der Waals surface area contributed by atoms with Crippen LogP contribution < -0.4 is 5.76 Å². The van der Waals surface area contributed by atoms with Gasteiger partial charge in [0.1, 0.15) is 12.0 Å². The van der Waals surface area contributed by atoms with Crippen molar-refractivity contribution < 1.29 is 8.83 Å². The van der Waals surface area contributed by atoms with Crippen LogP contribution in [0.2, 0.25) is 0 Å². The van der Waals surface area contributed by atoms with E-state index in [-0.39, 0.29) is 6.54 Å². The first kappa shape index (κ1) is 14.6. The molecule has 1 aromatic carbocycles. The first-order valence-electron chi connectivity index (χ1n) is 7.32. The van der Waals surface area contributed by atoms with Gasteiger partial charge in [-0.2, -0.15) is 4.68 Å². The second-order valence-electron chi connectivity index (χ2n) is 5.32. The Morgan fingerprint density at radius 1 is 1.17 bits per heavy atom. The zero-order valence-corrected chi connectivity index (χ0v) is 13.6. The lowest BCUT2D eigenvalue weighted by atomic mass is 10.1. The van der Waals surface area contributed by atoms with Crippen LogP contribution in [0.4, 0.5) is 0 Å². The fourth-order valence-corrected chi connectivity index (χ4v) is 2.91. The molecule has 3 aromatic heterocycles. The predicted molar refractivity (Wildman–Crippen MR) is 89.9 cm³/mol. The molecule has 0 aliphatic heterocycles.